The molecule has 3 heterocycles. The molecule has 4 atom stereocenters. The summed E-state index contributed by atoms with van der Waals surface area (Å²) >= 11 is 1.56. The molecule has 3 aliphatic carbocycles. The summed E-state index contributed by atoms with van der Waals surface area (Å²) in [5.74, 6) is 1.43. The molecule has 5 N–H and O–H groups in total. The van der Waals surface area contributed by atoms with Gasteiger partial charge in [-0.15, -0.1) is 11.3 Å². The summed E-state index contributed by atoms with van der Waals surface area (Å²) in [6, 6.07) is 1.51. The third-order valence-electron chi connectivity index (χ3n) is 8.20. The van der Waals surface area contributed by atoms with Gasteiger partial charge in [0.1, 0.15) is 22.4 Å². The van der Waals surface area contributed by atoms with Gasteiger partial charge in [0.15, 0.2) is 0 Å². The summed E-state index contributed by atoms with van der Waals surface area (Å²) < 4.78 is 1.04. The highest BCUT2D eigenvalue weighted by molar-refractivity contribution is 7.21. The van der Waals surface area contributed by atoms with Crippen LogP contribution in [0.1, 0.15) is 56.3 Å². The second-order valence-electron chi connectivity index (χ2n) is 10.8. The number of aliphatic hydroxyl groups is 3. The third-order valence-corrected chi connectivity index (χ3v) is 9.24. The van der Waals surface area contributed by atoms with Crippen LogP contribution >= 0.6 is 11.3 Å². The van der Waals surface area contributed by atoms with Crippen LogP contribution in [0.2, 0.25) is 0 Å². The fourth-order valence-electron chi connectivity index (χ4n) is 5.90. The van der Waals surface area contributed by atoms with Crippen LogP contribution in [0.25, 0.3) is 20.8 Å². The zero-order chi connectivity index (χ0) is 25.0. The molecule has 0 aliphatic heterocycles. The Morgan fingerprint density at radius 2 is 1.83 bits per heavy atom. The van der Waals surface area contributed by atoms with E-state index < -0.39 is 23.9 Å². The van der Waals surface area contributed by atoms with Crippen molar-refractivity contribution in [1.82, 2.24) is 19.9 Å². The summed E-state index contributed by atoms with van der Waals surface area (Å²) in [4.78, 5) is 18.8. The maximum Gasteiger partial charge on any atom is 0.224 e. The van der Waals surface area contributed by atoms with Crippen molar-refractivity contribution in [2.45, 2.75) is 82.6 Å². The van der Waals surface area contributed by atoms with Crippen LogP contribution in [-0.2, 0) is 0 Å². The summed E-state index contributed by atoms with van der Waals surface area (Å²) in [6.45, 7) is 4.74. The fraction of sp³-hybridized carbons (Fsp3) is 0.615. The van der Waals surface area contributed by atoms with Crippen molar-refractivity contribution in [2.75, 3.05) is 17.2 Å². The minimum absolute atomic E-state index is 0.373. The number of anilines is 2. The Bertz CT molecular complexity index is 1270. The van der Waals surface area contributed by atoms with E-state index in [-0.39, 0.29) is 5.92 Å². The van der Waals surface area contributed by atoms with Gasteiger partial charge in [0, 0.05) is 18.7 Å². The number of aryl methyl sites for hydroxylation is 2. The lowest BCUT2D eigenvalue weighted by Crippen LogP contribution is -2.42. The van der Waals surface area contributed by atoms with Crippen LogP contribution in [0.4, 0.5) is 11.8 Å². The van der Waals surface area contributed by atoms with E-state index in [4.69, 9.17) is 15.0 Å². The van der Waals surface area contributed by atoms with Crippen molar-refractivity contribution < 1.29 is 15.3 Å². The van der Waals surface area contributed by atoms with Crippen LogP contribution in [0, 0.1) is 25.7 Å². The minimum atomic E-state index is -1.01. The van der Waals surface area contributed by atoms with Crippen LogP contribution in [-0.4, -0.2) is 65.7 Å². The van der Waals surface area contributed by atoms with Gasteiger partial charge < -0.3 is 26.0 Å². The van der Waals surface area contributed by atoms with Crippen molar-refractivity contribution in [1.29, 1.82) is 0 Å². The lowest BCUT2D eigenvalue weighted by molar-refractivity contribution is -0.0763. The van der Waals surface area contributed by atoms with Crippen LogP contribution < -0.4 is 10.6 Å². The second kappa shape index (κ2) is 9.16. The molecular weight excluding hydrogens is 476 g/mol. The number of fused-ring (bicyclic) bond motifs is 1. The molecular formula is C26H34N6O3S. The highest BCUT2D eigenvalue weighted by Gasteiger charge is 2.52. The summed E-state index contributed by atoms with van der Waals surface area (Å²) in [5, 5.41) is 40.7. The molecule has 0 saturated heterocycles. The zero-order valence-electron chi connectivity index (χ0n) is 20.7. The van der Waals surface area contributed by atoms with Crippen molar-refractivity contribution >= 4 is 33.3 Å². The summed E-state index contributed by atoms with van der Waals surface area (Å²) in [7, 11) is 0. The van der Waals surface area contributed by atoms with Crippen LogP contribution in [0.5, 0.6) is 0 Å². The number of pyridine rings is 1. The number of nitrogens with zero attached hydrogens (tertiary/aromatic N) is 4. The third kappa shape index (κ3) is 4.34. The second-order valence-corrected chi connectivity index (χ2v) is 11.9. The summed E-state index contributed by atoms with van der Waals surface area (Å²) in [6.07, 6.45) is 5.95. The zero-order valence-corrected chi connectivity index (χ0v) is 21.6. The van der Waals surface area contributed by atoms with Crippen molar-refractivity contribution in [3.8, 4) is 10.6 Å². The maximum absolute atomic E-state index is 11.2. The molecule has 6 rings (SSSR count). The van der Waals surface area contributed by atoms with Gasteiger partial charge in [0.2, 0.25) is 5.95 Å². The smallest absolute Gasteiger partial charge is 0.224 e. The Morgan fingerprint density at radius 3 is 2.56 bits per heavy atom. The molecule has 10 heteroatoms. The first-order valence-corrected chi connectivity index (χ1v) is 13.8. The molecule has 3 fully saturated rings. The number of aromatic nitrogens is 4. The average molecular weight is 511 g/mol. The number of nitrogens with one attached hydrogen (secondary N) is 2. The van der Waals surface area contributed by atoms with Gasteiger partial charge in [-0.05, 0) is 57.9 Å². The van der Waals surface area contributed by atoms with Crippen molar-refractivity contribution in [2.24, 2.45) is 11.8 Å². The van der Waals surface area contributed by atoms with Gasteiger partial charge >= 0.3 is 0 Å². The van der Waals surface area contributed by atoms with Gasteiger partial charge in [0.25, 0.3) is 0 Å². The number of hydrogen-bond donors (Lipinski definition) is 5. The number of aliphatic hydroxyl groups excluding tert-OH is 2. The molecule has 3 saturated carbocycles. The lowest BCUT2D eigenvalue weighted by atomic mass is 9.83. The molecule has 36 heavy (non-hydrogen) atoms. The van der Waals surface area contributed by atoms with Crippen LogP contribution in [0.15, 0.2) is 12.3 Å². The average Bonchev–Trinajstić information content (AvgIpc) is 3.29. The maximum atomic E-state index is 11.2. The van der Waals surface area contributed by atoms with E-state index in [1.165, 1.54) is 12.8 Å². The van der Waals surface area contributed by atoms with E-state index in [0.717, 1.165) is 51.6 Å². The SMILES string of the molecule is Cc1nc(NCC2CC2)nc(NC2CC(C3(O)CCCC3)C(O)C2O)c1-c1nc2c(C)nccc2s1. The van der Waals surface area contributed by atoms with Gasteiger partial charge in [0.05, 0.1) is 39.4 Å². The van der Waals surface area contributed by atoms with E-state index in [9.17, 15) is 15.3 Å². The van der Waals surface area contributed by atoms with E-state index in [1.54, 1.807) is 17.5 Å². The molecule has 3 aromatic rings. The molecule has 3 aliphatic rings. The number of hydrogen-bond acceptors (Lipinski definition) is 10. The molecule has 4 unspecified atom stereocenters. The van der Waals surface area contributed by atoms with E-state index >= 15 is 0 Å². The van der Waals surface area contributed by atoms with Crippen molar-refractivity contribution in [3.63, 3.8) is 0 Å². The van der Waals surface area contributed by atoms with Gasteiger partial charge in [-0.1, -0.05) is 12.8 Å². The van der Waals surface area contributed by atoms with E-state index in [0.29, 0.717) is 36.9 Å². The van der Waals surface area contributed by atoms with Gasteiger partial charge in [-0.3, -0.25) is 4.98 Å². The van der Waals surface area contributed by atoms with Crippen molar-refractivity contribution in [3.05, 3.63) is 23.7 Å². The van der Waals surface area contributed by atoms with E-state index in [2.05, 4.69) is 15.6 Å². The highest BCUT2D eigenvalue weighted by Crippen LogP contribution is 2.45. The molecule has 0 aromatic carbocycles. The Balaban J connectivity index is 1.36. The molecule has 3 aromatic heterocycles. The molecule has 0 bridgehead atoms. The quantitative estimate of drug-likeness (QED) is 0.324. The molecule has 192 valence electrons. The number of rotatable bonds is 7. The monoisotopic (exact) mass is 510 g/mol. The molecule has 0 amide bonds. The molecule has 0 radical (unpaired) electrons. The Hall–Kier alpha value is -2.40. The Kier molecular flexibility index (Phi) is 6.10. The first kappa shape index (κ1) is 24.0. The Morgan fingerprint density at radius 1 is 1.06 bits per heavy atom. The topological polar surface area (TPSA) is 136 Å². The van der Waals surface area contributed by atoms with Crippen LogP contribution in [0.3, 0.4) is 0 Å². The highest BCUT2D eigenvalue weighted by atomic mass is 32.1. The predicted molar refractivity (Wildman–Crippen MR) is 140 cm³/mol. The van der Waals surface area contributed by atoms with Gasteiger partial charge in [-0.25, -0.2) is 9.97 Å². The Labute approximate surface area is 214 Å². The van der Waals surface area contributed by atoms with E-state index in [1.807, 2.05) is 19.9 Å². The standard InChI is InChI=1S/C26H34N6O3S/c1-13-19(24-31-20-14(2)27-10-7-18(20)36-24)23(32-25(29-13)28-12-15-5-6-15)30-17-11-16(21(33)22(17)34)26(35)8-3-4-9-26/h7,10,15-17,21-22,33-35H,3-6,8-9,11-12H2,1-2H3,(H2,28,29,30,32). The first-order valence-electron chi connectivity index (χ1n) is 13.0. The van der Waals surface area contributed by atoms with Gasteiger partial charge in [-0.2, -0.15) is 4.98 Å². The predicted octanol–water partition coefficient (Wildman–Crippen LogP) is 3.41. The fourth-order valence-corrected chi connectivity index (χ4v) is 7.01. The minimum Gasteiger partial charge on any atom is -0.390 e. The first-order chi connectivity index (χ1) is 17.3. The number of thiazole rings is 1. The lowest BCUT2D eigenvalue weighted by Gasteiger charge is -2.32. The summed E-state index contributed by atoms with van der Waals surface area (Å²) in [5.41, 5.74) is 2.38. The molecule has 0 spiro atoms. The normalized spacial score (nSPS) is 27.6. The molecule has 9 nitrogen and oxygen atoms in total. The largest absolute Gasteiger partial charge is 0.390 e.